The van der Waals surface area contributed by atoms with E-state index in [1.165, 1.54) is 11.1 Å². The molecule has 7 nitrogen and oxygen atoms in total. The molecule has 0 bridgehead atoms. The molecule has 180 valence electrons. The molecule has 1 fully saturated rings. The van der Waals surface area contributed by atoms with E-state index in [-0.39, 0.29) is 37.3 Å². The van der Waals surface area contributed by atoms with Gasteiger partial charge in [0.1, 0.15) is 6.61 Å². The van der Waals surface area contributed by atoms with E-state index in [0.29, 0.717) is 19.3 Å². The van der Waals surface area contributed by atoms with Gasteiger partial charge in [0.2, 0.25) is 5.91 Å². The zero-order chi connectivity index (χ0) is 24.1. The number of carboxylic acid groups (broad SMARTS) is 1. The van der Waals surface area contributed by atoms with Crippen molar-refractivity contribution < 1.29 is 24.2 Å². The lowest BCUT2D eigenvalue weighted by Gasteiger charge is -2.30. The number of carboxylic acids is 1. The van der Waals surface area contributed by atoms with Gasteiger partial charge in [0, 0.05) is 24.8 Å². The number of aliphatic carboxylic acids is 1. The van der Waals surface area contributed by atoms with Crippen LogP contribution in [0, 0.1) is 0 Å². The molecule has 0 radical (unpaired) electrons. The van der Waals surface area contributed by atoms with Crippen LogP contribution in [-0.4, -0.2) is 41.3 Å². The number of hydrogen-bond donors (Lipinski definition) is 3. The third-order valence-corrected chi connectivity index (χ3v) is 6.97. The van der Waals surface area contributed by atoms with Crippen molar-refractivity contribution in [2.24, 2.45) is 0 Å². The van der Waals surface area contributed by atoms with Crippen molar-refractivity contribution in [2.45, 2.75) is 69.4 Å². The highest BCUT2D eigenvalue weighted by Crippen LogP contribution is 2.44. The Morgan fingerprint density at radius 1 is 1.03 bits per heavy atom. The van der Waals surface area contributed by atoms with Gasteiger partial charge in [0.25, 0.3) is 0 Å². The molecule has 34 heavy (non-hydrogen) atoms. The maximum absolute atomic E-state index is 12.8. The lowest BCUT2D eigenvalue weighted by molar-refractivity contribution is -0.137. The summed E-state index contributed by atoms with van der Waals surface area (Å²) in [6.45, 7) is 2.02. The van der Waals surface area contributed by atoms with Crippen molar-refractivity contribution in [1.29, 1.82) is 0 Å². The second-order valence-electron chi connectivity index (χ2n) is 9.52. The van der Waals surface area contributed by atoms with Crippen LogP contribution in [0.15, 0.2) is 48.5 Å². The fraction of sp³-hybridized carbons (Fsp3) is 0.444. The number of amides is 2. The molecule has 1 unspecified atom stereocenters. The average molecular weight is 465 g/mol. The highest BCUT2D eigenvalue weighted by molar-refractivity contribution is 5.80. The second kappa shape index (κ2) is 10.3. The summed E-state index contributed by atoms with van der Waals surface area (Å²) in [5.74, 6) is -1.08. The van der Waals surface area contributed by atoms with Gasteiger partial charge in [-0.05, 0) is 48.4 Å². The Labute approximate surface area is 199 Å². The summed E-state index contributed by atoms with van der Waals surface area (Å²) in [5.41, 5.74) is 4.03. The topological polar surface area (TPSA) is 105 Å². The van der Waals surface area contributed by atoms with Crippen LogP contribution in [0.1, 0.15) is 68.9 Å². The first-order valence-electron chi connectivity index (χ1n) is 12.0. The summed E-state index contributed by atoms with van der Waals surface area (Å²) in [6, 6.07) is 16.1. The molecule has 2 aliphatic carbocycles. The fourth-order valence-corrected chi connectivity index (χ4v) is 5.29. The zero-order valence-corrected chi connectivity index (χ0v) is 19.5. The number of rotatable bonds is 9. The summed E-state index contributed by atoms with van der Waals surface area (Å²) in [5, 5.41) is 14.7. The Balaban J connectivity index is 1.36. The molecule has 2 aromatic carbocycles. The van der Waals surface area contributed by atoms with Crippen LogP contribution >= 0.6 is 0 Å². The summed E-state index contributed by atoms with van der Waals surface area (Å²) in [7, 11) is 0. The molecule has 3 N–H and O–H groups in total. The van der Waals surface area contributed by atoms with Crippen molar-refractivity contribution in [1.82, 2.24) is 10.6 Å². The highest BCUT2D eigenvalue weighted by Gasteiger charge is 2.38. The molecular weight excluding hydrogens is 432 g/mol. The van der Waals surface area contributed by atoms with Crippen LogP contribution in [0.2, 0.25) is 0 Å². The number of benzene rings is 2. The van der Waals surface area contributed by atoms with Gasteiger partial charge in [0.05, 0.1) is 5.54 Å². The first kappa shape index (κ1) is 23.8. The van der Waals surface area contributed by atoms with Crippen LogP contribution in [0.3, 0.4) is 0 Å². The third-order valence-electron chi connectivity index (χ3n) is 6.97. The Morgan fingerprint density at radius 3 is 2.21 bits per heavy atom. The smallest absolute Gasteiger partial charge is 0.407 e. The first-order chi connectivity index (χ1) is 16.4. The van der Waals surface area contributed by atoms with E-state index in [0.717, 1.165) is 24.0 Å². The molecule has 0 aliphatic heterocycles. The monoisotopic (exact) mass is 464 g/mol. The predicted molar refractivity (Wildman–Crippen MR) is 128 cm³/mol. The van der Waals surface area contributed by atoms with Crippen molar-refractivity contribution in [3.63, 3.8) is 0 Å². The van der Waals surface area contributed by atoms with E-state index in [1.807, 2.05) is 24.3 Å². The van der Waals surface area contributed by atoms with Crippen LogP contribution in [0.5, 0.6) is 0 Å². The molecule has 0 saturated heterocycles. The van der Waals surface area contributed by atoms with Gasteiger partial charge in [-0.1, -0.05) is 61.4 Å². The fourth-order valence-electron chi connectivity index (χ4n) is 5.29. The van der Waals surface area contributed by atoms with E-state index >= 15 is 0 Å². The SMILES string of the molecule is CC(CCC(=O)O)NC(=O)CC1(NC(=O)OCC2c3ccccc3-c3ccccc32)CCCC1. The van der Waals surface area contributed by atoms with Gasteiger partial charge < -0.3 is 20.5 Å². The van der Waals surface area contributed by atoms with E-state index in [1.54, 1.807) is 6.92 Å². The van der Waals surface area contributed by atoms with Gasteiger partial charge in [0.15, 0.2) is 0 Å². The van der Waals surface area contributed by atoms with Gasteiger partial charge in [-0.3, -0.25) is 9.59 Å². The second-order valence-corrected chi connectivity index (χ2v) is 9.52. The van der Waals surface area contributed by atoms with Crippen molar-refractivity contribution >= 4 is 18.0 Å². The lowest BCUT2D eigenvalue weighted by Crippen LogP contribution is -2.50. The number of alkyl carbamates (subject to hydrolysis) is 1. The number of nitrogens with one attached hydrogen (secondary N) is 2. The van der Waals surface area contributed by atoms with E-state index in [4.69, 9.17) is 9.84 Å². The van der Waals surface area contributed by atoms with Gasteiger partial charge in [-0.2, -0.15) is 0 Å². The Morgan fingerprint density at radius 2 is 1.62 bits per heavy atom. The maximum atomic E-state index is 12.8. The van der Waals surface area contributed by atoms with Gasteiger partial charge in [-0.15, -0.1) is 0 Å². The number of fused-ring (bicyclic) bond motifs is 3. The number of ether oxygens (including phenoxy) is 1. The molecule has 1 atom stereocenters. The molecule has 2 aromatic rings. The minimum Gasteiger partial charge on any atom is -0.481 e. The quantitative estimate of drug-likeness (QED) is 0.503. The Bertz CT molecular complexity index is 1010. The van der Waals surface area contributed by atoms with Gasteiger partial charge in [-0.25, -0.2) is 4.79 Å². The largest absolute Gasteiger partial charge is 0.481 e. The van der Waals surface area contributed by atoms with Crippen LogP contribution in [0.4, 0.5) is 4.79 Å². The van der Waals surface area contributed by atoms with E-state index in [9.17, 15) is 14.4 Å². The summed E-state index contributed by atoms with van der Waals surface area (Å²) >= 11 is 0. The van der Waals surface area contributed by atoms with Crippen molar-refractivity contribution in [3.8, 4) is 11.1 Å². The normalized spacial score (nSPS) is 16.9. The molecule has 4 rings (SSSR count). The molecule has 2 aliphatic rings. The summed E-state index contributed by atoms with van der Waals surface area (Å²) in [4.78, 5) is 36.2. The Kier molecular flexibility index (Phi) is 7.20. The van der Waals surface area contributed by atoms with Gasteiger partial charge >= 0.3 is 12.1 Å². The Hall–Kier alpha value is -3.35. The first-order valence-corrected chi connectivity index (χ1v) is 12.0. The number of carbonyl (C=O) groups is 3. The summed E-state index contributed by atoms with van der Waals surface area (Å²) < 4.78 is 5.71. The maximum Gasteiger partial charge on any atom is 0.407 e. The minimum atomic E-state index is -0.884. The standard InChI is InChI=1S/C27H32N2O5/c1-18(12-13-25(31)32)28-24(30)16-27(14-6-7-15-27)29-26(33)34-17-23-21-10-4-2-8-19(21)20-9-3-5-11-22(20)23/h2-5,8-11,18,23H,6-7,12-17H2,1H3,(H,28,30)(H,29,33)(H,31,32). The molecule has 0 spiro atoms. The number of carbonyl (C=O) groups excluding carboxylic acids is 2. The van der Waals surface area contributed by atoms with E-state index in [2.05, 4.69) is 34.9 Å². The highest BCUT2D eigenvalue weighted by atomic mass is 16.5. The molecule has 0 heterocycles. The van der Waals surface area contributed by atoms with Crippen LogP contribution in [-0.2, 0) is 14.3 Å². The molecular formula is C27H32N2O5. The van der Waals surface area contributed by atoms with E-state index < -0.39 is 17.6 Å². The molecule has 7 heteroatoms. The van der Waals surface area contributed by atoms with Crippen LogP contribution < -0.4 is 10.6 Å². The zero-order valence-electron chi connectivity index (χ0n) is 19.5. The average Bonchev–Trinajstić information content (AvgIpc) is 3.38. The molecule has 2 amide bonds. The third kappa shape index (κ3) is 5.41. The van der Waals surface area contributed by atoms with Crippen molar-refractivity contribution in [3.05, 3.63) is 59.7 Å². The number of hydrogen-bond acceptors (Lipinski definition) is 4. The van der Waals surface area contributed by atoms with Crippen LogP contribution in [0.25, 0.3) is 11.1 Å². The summed E-state index contributed by atoms with van der Waals surface area (Å²) in [6.07, 6.45) is 3.34. The van der Waals surface area contributed by atoms with Crippen molar-refractivity contribution in [2.75, 3.05) is 6.61 Å². The lowest BCUT2D eigenvalue weighted by atomic mass is 9.92. The minimum absolute atomic E-state index is 0.00455. The predicted octanol–water partition coefficient (Wildman–Crippen LogP) is 4.60. The molecule has 0 aromatic heterocycles. The molecule has 1 saturated carbocycles.